The van der Waals surface area contributed by atoms with Gasteiger partial charge in [0.1, 0.15) is 0 Å². The molecule has 0 bridgehead atoms. The van der Waals surface area contributed by atoms with Gasteiger partial charge >= 0.3 is 6.18 Å². The Morgan fingerprint density at radius 3 is 2.64 bits per heavy atom. The average Bonchev–Trinajstić information content (AvgIpc) is 3.28. The Hall–Kier alpha value is -2.83. The van der Waals surface area contributed by atoms with E-state index in [0.29, 0.717) is 5.52 Å². The number of anilines is 1. The molecule has 0 spiro atoms. The standard InChI is InChI=1S/C18H14F3N3O/c19-18(20,21)11-6-7-14-15(8-11)23-17(22-14)24-16(25)13-9-12(13)10-4-2-1-3-5-10/h1-8,12-13H,9H2,(H2,22,23,24,25). The summed E-state index contributed by atoms with van der Waals surface area (Å²) in [6.07, 6.45) is -3.66. The summed E-state index contributed by atoms with van der Waals surface area (Å²) in [5.74, 6) is 0.0331. The zero-order valence-corrected chi connectivity index (χ0v) is 13.0. The molecule has 1 aromatic heterocycles. The summed E-state index contributed by atoms with van der Waals surface area (Å²) in [5.41, 5.74) is 0.967. The summed E-state index contributed by atoms with van der Waals surface area (Å²) in [4.78, 5) is 19.2. The number of amides is 1. The van der Waals surface area contributed by atoms with Gasteiger partial charge in [-0.15, -0.1) is 0 Å². The normalized spacial score (nSPS) is 19.8. The number of carbonyl (C=O) groups is 1. The molecule has 4 nitrogen and oxygen atoms in total. The molecule has 2 aromatic carbocycles. The van der Waals surface area contributed by atoms with Gasteiger partial charge in [-0.2, -0.15) is 13.2 Å². The quantitative estimate of drug-likeness (QED) is 0.743. The van der Waals surface area contributed by atoms with Gasteiger partial charge in [0, 0.05) is 5.92 Å². The molecule has 0 radical (unpaired) electrons. The molecule has 1 heterocycles. The number of aromatic amines is 1. The van der Waals surface area contributed by atoms with Crippen molar-refractivity contribution in [2.45, 2.75) is 18.5 Å². The predicted molar refractivity (Wildman–Crippen MR) is 87.0 cm³/mol. The van der Waals surface area contributed by atoms with Crippen LogP contribution >= 0.6 is 0 Å². The molecule has 2 atom stereocenters. The smallest absolute Gasteiger partial charge is 0.324 e. The molecule has 3 aromatic rings. The highest BCUT2D eigenvalue weighted by atomic mass is 19.4. The Labute approximate surface area is 141 Å². The first kappa shape index (κ1) is 15.7. The highest BCUT2D eigenvalue weighted by Crippen LogP contribution is 2.47. The van der Waals surface area contributed by atoms with Crippen molar-refractivity contribution >= 4 is 22.9 Å². The highest BCUT2D eigenvalue weighted by molar-refractivity contribution is 5.95. The number of benzene rings is 2. The van der Waals surface area contributed by atoms with Gasteiger partial charge in [0.05, 0.1) is 16.6 Å². The number of H-pyrrole nitrogens is 1. The van der Waals surface area contributed by atoms with E-state index in [4.69, 9.17) is 0 Å². The number of imidazole rings is 1. The number of fused-ring (bicyclic) bond motifs is 1. The number of aromatic nitrogens is 2. The molecule has 1 saturated carbocycles. The Balaban J connectivity index is 1.49. The number of hydrogen-bond acceptors (Lipinski definition) is 2. The van der Waals surface area contributed by atoms with Crippen molar-refractivity contribution in [3.63, 3.8) is 0 Å². The Morgan fingerprint density at radius 1 is 1.16 bits per heavy atom. The molecule has 1 amide bonds. The predicted octanol–water partition coefficient (Wildman–Crippen LogP) is 4.32. The Bertz CT molecular complexity index is 934. The summed E-state index contributed by atoms with van der Waals surface area (Å²) in [7, 11) is 0. The molecule has 128 valence electrons. The lowest BCUT2D eigenvalue weighted by molar-refractivity contribution is -0.137. The third-order valence-corrected chi connectivity index (χ3v) is 4.41. The number of rotatable bonds is 3. The molecular formula is C18H14F3N3O. The average molecular weight is 345 g/mol. The maximum absolute atomic E-state index is 12.7. The Morgan fingerprint density at radius 2 is 1.92 bits per heavy atom. The van der Waals surface area contributed by atoms with Crippen LogP contribution < -0.4 is 5.32 Å². The molecule has 25 heavy (non-hydrogen) atoms. The van der Waals surface area contributed by atoms with Gasteiger partial charge in [0.25, 0.3) is 0 Å². The topological polar surface area (TPSA) is 57.8 Å². The lowest BCUT2D eigenvalue weighted by Gasteiger charge is -2.05. The van der Waals surface area contributed by atoms with Crippen molar-refractivity contribution < 1.29 is 18.0 Å². The largest absolute Gasteiger partial charge is 0.416 e. The number of alkyl halides is 3. The summed E-state index contributed by atoms with van der Waals surface area (Å²) < 4.78 is 38.2. The van der Waals surface area contributed by atoms with E-state index in [0.717, 1.165) is 24.1 Å². The van der Waals surface area contributed by atoms with Gasteiger partial charge in [-0.1, -0.05) is 30.3 Å². The van der Waals surface area contributed by atoms with Crippen LogP contribution in [0.5, 0.6) is 0 Å². The van der Waals surface area contributed by atoms with Crippen LogP contribution in [0.4, 0.5) is 19.1 Å². The molecule has 0 saturated heterocycles. The molecule has 1 aliphatic carbocycles. The van der Waals surface area contributed by atoms with E-state index in [1.807, 2.05) is 30.3 Å². The molecule has 0 aliphatic heterocycles. The van der Waals surface area contributed by atoms with Crippen LogP contribution in [-0.4, -0.2) is 15.9 Å². The minimum absolute atomic E-state index is 0.138. The fraction of sp³-hybridized carbons (Fsp3) is 0.222. The fourth-order valence-corrected chi connectivity index (χ4v) is 3.01. The van der Waals surface area contributed by atoms with Crippen LogP contribution in [0.25, 0.3) is 11.0 Å². The van der Waals surface area contributed by atoms with Crippen LogP contribution in [-0.2, 0) is 11.0 Å². The second-order valence-electron chi connectivity index (χ2n) is 6.16. The fourth-order valence-electron chi connectivity index (χ4n) is 3.01. The van der Waals surface area contributed by atoms with E-state index in [2.05, 4.69) is 15.3 Å². The van der Waals surface area contributed by atoms with Crippen molar-refractivity contribution in [2.24, 2.45) is 5.92 Å². The van der Waals surface area contributed by atoms with Crippen LogP contribution in [0.1, 0.15) is 23.5 Å². The summed E-state index contributed by atoms with van der Waals surface area (Å²) >= 11 is 0. The van der Waals surface area contributed by atoms with Crippen LogP contribution in [0.15, 0.2) is 48.5 Å². The zero-order chi connectivity index (χ0) is 17.6. The summed E-state index contributed by atoms with van der Waals surface area (Å²) in [6, 6.07) is 13.0. The summed E-state index contributed by atoms with van der Waals surface area (Å²) in [5, 5.41) is 2.66. The van der Waals surface area contributed by atoms with E-state index in [1.54, 1.807) is 0 Å². The van der Waals surface area contributed by atoms with E-state index in [1.165, 1.54) is 6.07 Å². The lowest BCUT2D eigenvalue weighted by Crippen LogP contribution is -2.15. The first-order valence-corrected chi connectivity index (χ1v) is 7.84. The number of nitrogens with one attached hydrogen (secondary N) is 2. The van der Waals surface area contributed by atoms with Crippen molar-refractivity contribution in [1.29, 1.82) is 0 Å². The maximum Gasteiger partial charge on any atom is 0.416 e. The number of nitrogens with zero attached hydrogens (tertiary/aromatic N) is 1. The number of carbonyl (C=O) groups excluding carboxylic acids is 1. The van der Waals surface area contributed by atoms with Crippen LogP contribution in [0, 0.1) is 5.92 Å². The number of halogens is 3. The first-order chi connectivity index (χ1) is 11.9. The molecule has 2 unspecified atom stereocenters. The molecule has 1 aliphatic rings. The first-order valence-electron chi connectivity index (χ1n) is 7.84. The third kappa shape index (κ3) is 3.09. The van der Waals surface area contributed by atoms with Crippen molar-refractivity contribution in [2.75, 3.05) is 5.32 Å². The molecule has 7 heteroatoms. The zero-order valence-electron chi connectivity index (χ0n) is 13.0. The molecular weight excluding hydrogens is 331 g/mol. The van der Waals surface area contributed by atoms with Gasteiger partial charge in [-0.05, 0) is 36.1 Å². The second-order valence-corrected chi connectivity index (χ2v) is 6.16. The lowest BCUT2D eigenvalue weighted by atomic mass is 10.1. The monoisotopic (exact) mass is 345 g/mol. The minimum Gasteiger partial charge on any atom is -0.324 e. The van der Waals surface area contributed by atoms with Crippen molar-refractivity contribution in [3.05, 3.63) is 59.7 Å². The van der Waals surface area contributed by atoms with E-state index >= 15 is 0 Å². The number of hydrogen-bond donors (Lipinski definition) is 2. The van der Waals surface area contributed by atoms with Crippen molar-refractivity contribution in [3.8, 4) is 0 Å². The second kappa shape index (κ2) is 5.61. The minimum atomic E-state index is -4.42. The van der Waals surface area contributed by atoms with Gasteiger partial charge in [-0.3, -0.25) is 10.1 Å². The Kier molecular flexibility index (Phi) is 3.52. The van der Waals surface area contributed by atoms with E-state index in [-0.39, 0.29) is 29.2 Å². The summed E-state index contributed by atoms with van der Waals surface area (Å²) in [6.45, 7) is 0. The van der Waals surface area contributed by atoms with Gasteiger partial charge < -0.3 is 4.98 Å². The molecule has 2 N–H and O–H groups in total. The third-order valence-electron chi connectivity index (χ3n) is 4.41. The van der Waals surface area contributed by atoms with Gasteiger partial charge in [-0.25, -0.2) is 4.98 Å². The van der Waals surface area contributed by atoms with Crippen molar-refractivity contribution in [1.82, 2.24) is 9.97 Å². The van der Waals surface area contributed by atoms with Gasteiger partial charge in [0.2, 0.25) is 11.9 Å². The van der Waals surface area contributed by atoms with Crippen LogP contribution in [0.2, 0.25) is 0 Å². The maximum atomic E-state index is 12.7. The SMILES string of the molecule is O=C(Nc1nc2ccc(C(F)(F)F)cc2[nH]1)C1CC1c1ccccc1. The van der Waals surface area contributed by atoms with Gasteiger partial charge in [0.15, 0.2) is 0 Å². The molecule has 4 rings (SSSR count). The van der Waals surface area contributed by atoms with Crippen LogP contribution in [0.3, 0.4) is 0 Å². The highest BCUT2D eigenvalue weighted by Gasteiger charge is 2.44. The van der Waals surface area contributed by atoms with E-state index < -0.39 is 11.7 Å². The molecule has 1 fully saturated rings. The van der Waals surface area contributed by atoms with E-state index in [9.17, 15) is 18.0 Å².